The average Bonchev–Trinajstić information content (AvgIpc) is 3.30. The van der Waals surface area contributed by atoms with Crippen molar-refractivity contribution < 1.29 is 23.9 Å². The lowest BCUT2D eigenvalue weighted by molar-refractivity contribution is -0.525. The van der Waals surface area contributed by atoms with Crippen molar-refractivity contribution in [1.82, 2.24) is 21.4 Å². The molecule has 2 amide bonds. The second-order valence-corrected chi connectivity index (χ2v) is 13.6. The first-order chi connectivity index (χ1) is 20.2. The maximum Gasteiger partial charge on any atom is 0.481 e. The van der Waals surface area contributed by atoms with E-state index in [0.717, 1.165) is 18.4 Å². The highest BCUT2D eigenvalue weighted by molar-refractivity contribution is 6.48. The summed E-state index contributed by atoms with van der Waals surface area (Å²) in [5, 5.41) is 26.1. The predicted molar refractivity (Wildman–Crippen MR) is 163 cm³/mol. The minimum atomic E-state index is -0.862. The van der Waals surface area contributed by atoms with Gasteiger partial charge in [-0.2, -0.15) is 0 Å². The Morgan fingerprint density at radius 1 is 1.12 bits per heavy atom. The number of nitro groups is 1. The molecule has 0 unspecified atom stereocenters. The molecule has 3 saturated carbocycles. The van der Waals surface area contributed by atoms with Gasteiger partial charge >= 0.3 is 7.12 Å². The summed E-state index contributed by atoms with van der Waals surface area (Å²) < 4.78 is 13.2. The second kappa shape index (κ2) is 13.2. The number of nitrogens with one attached hydrogen (secondary N) is 5. The summed E-state index contributed by atoms with van der Waals surface area (Å²) in [6, 6.07) is 8.49. The first-order valence-corrected chi connectivity index (χ1v) is 15.4. The van der Waals surface area contributed by atoms with E-state index in [-0.39, 0.29) is 42.2 Å². The Morgan fingerprint density at radius 2 is 1.81 bits per heavy atom. The highest BCUT2D eigenvalue weighted by Crippen LogP contribution is 2.65. The van der Waals surface area contributed by atoms with Gasteiger partial charge in [-0.05, 0) is 74.7 Å². The molecule has 4 fully saturated rings. The number of rotatable bonds is 13. The molecule has 2 bridgehead atoms. The molecule has 5 rings (SSSR count). The standard InChI is InChI=1S/C30H47BN6O6/c1-18(2)15-25(31-42-24-17-21-16-23(29(21,4)5)30(24,6)43-31)35-27(39)22(13-10-14-33-28(32)36-37(40)41)34-26(38)19(3)20-11-8-7-9-12-20/h7-9,11-12,18-19,21-25H,10,13-17H2,1-6H3,(H,34,38)(H,35,39)(H3,32,33,36)/t19-,21-,22-,23-,24+,25-,30-/m0/s1. The van der Waals surface area contributed by atoms with E-state index in [9.17, 15) is 19.7 Å². The summed E-state index contributed by atoms with van der Waals surface area (Å²) >= 11 is 0. The number of nitrogens with zero attached hydrogens (tertiary/aromatic N) is 1. The zero-order chi connectivity index (χ0) is 31.5. The number of carbonyl (C=O) groups excluding carboxylic acids is 2. The lowest BCUT2D eigenvalue weighted by Crippen LogP contribution is -2.65. The van der Waals surface area contributed by atoms with Gasteiger partial charge < -0.3 is 25.3 Å². The van der Waals surface area contributed by atoms with E-state index in [1.54, 1.807) is 12.3 Å². The van der Waals surface area contributed by atoms with Gasteiger partial charge in [0.25, 0.3) is 5.96 Å². The molecule has 5 N–H and O–H groups in total. The Bertz CT molecular complexity index is 1180. The van der Waals surface area contributed by atoms with Crippen LogP contribution < -0.4 is 21.4 Å². The smallest absolute Gasteiger partial charge is 0.404 e. The van der Waals surface area contributed by atoms with E-state index < -0.39 is 41.6 Å². The number of hydrogen-bond acceptors (Lipinski definition) is 7. The first-order valence-electron chi connectivity index (χ1n) is 15.4. The summed E-state index contributed by atoms with van der Waals surface area (Å²) in [6.45, 7) is 12.9. The normalized spacial score (nSPS) is 27.2. The van der Waals surface area contributed by atoms with Gasteiger partial charge in [0.1, 0.15) is 6.04 Å². The summed E-state index contributed by atoms with van der Waals surface area (Å²) in [4.78, 5) is 37.7. The molecule has 3 aliphatic carbocycles. The molecule has 1 aromatic rings. The van der Waals surface area contributed by atoms with Crippen molar-refractivity contribution in [3.63, 3.8) is 0 Å². The molecule has 12 nitrogen and oxygen atoms in total. The quantitative estimate of drug-likeness (QED) is 0.0576. The molecule has 43 heavy (non-hydrogen) atoms. The van der Waals surface area contributed by atoms with Crippen molar-refractivity contribution in [3.05, 3.63) is 46.0 Å². The molecule has 13 heteroatoms. The van der Waals surface area contributed by atoms with Crippen LogP contribution in [-0.2, 0) is 18.9 Å². The summed E-state index contributed by atoms with van der Waals surface area (Å²) in [5.74, 6) is -0.685. The summed E-state index contributed by atoms with van der Waals surface area (Å²) in [7, 11) is -0.591. The molecular weight excluding hydrogens is 551 g/mol. The van der Waals surface area contributed by atoms with Crippen LogP contribution >= 0.6 is 0 Å². The van der Waals surface area contributed by atoms with Gasteiger partial charge in [0.2, 0.25) is 11.8 Å². The molecule has 1 heterocycles. The van der Waals surface area contributed by atoms with Crippen LogP contribution in [0.4, 0.5) is 0 Å². The van der Waals surface area contributed by atoms with Crippen molar-refractivity contribution in [2.45, 2.75) is 103 Å². The van der Waals surface area contributed by atoms with Gasteiger partial charge in [0, 0.05) is 6.54 Å². The Labute approximate surface area is 254 Å². The molecule has 7 atom stereocenters. The van der Waals surface area contributed by atoms with Crippen molar-refractivity contribution in [2.75, 3.05) is 6.54 Å². The van der Waals surface area contributed by atoms with Gasteiger partial charge in [-0.25, -0.2) is 10.1 Å². The van der Waals surface area contributed by atoms with Crippen LogP contribution in [0, 0.1) is 38.7 Å². The van der Waals surface area contributed by atoms with E-state index in [4.69, 9.17) is 14.7 Å². The third-order valence-corrected chi connectivity index (χ3v) is 9.85. The Morgan fingerprint density at radius 3 is 2.44 bits per heavy atom. The van der Waals surface area contributed by atoms with E-state index in [1.807, 2.05) is 30.3 Å². The molecule has 4 aliphatic rings. The van der Waals surface area contributed by atoms with Crippen LogP contribution in [0.2, 0.25) is 0 Å². The molecule has 0 radical (unpaired) electrons. The maximum absolute atomic E-state index is 13.8. The number of guanidine groups is 1. The zero-order valence-corrected chi connectivity index (χ0v) is 26.1. The number of hydrogen-bond donors (Lipinski definition) is 5. The van der Waals surface area contributed by atoms with Crippen molar-refractivity contribution >= 4 is 24.9 Å². The number of hydrazine groups is 1. The third kappa shape index (κ3) is 7.31. The minimum absolute atomic E-state index is 0.0165. The van der Waals surface area contributed by atoms with Crippen molar-refractivity contribution in [3.8, 4) is 0 Å². The van der Waals surface area contributed by atoms with Gasteiger partial charge in [0.15, 0.2) is 5.03 Å². The lowest BCUT2D eigenvalue weighted by Gasteiger charge is -2.64. The molecule has 1 saturated heterocycles. The Balaban J connectivity index is 1.45. The molecular formula is C30H47BN6O6. The second-order valence-electron chi connectivity index (χ2n) is 13.6. The van der Waals surface area contributed by atoms with Crippen molar-refractivity contribution in [2.24, 2.45) is 23.2 Å². The number of benzene rings is 1. The fourth-order valence-corrected chi connectivity index (χ4v) is 7.21. The van der Waals surface area contributed by atoms with Gasteiger partial charge in [-0.1, -0.05) is 63.5 Å². The van der Waals surface area contributed by atoms with Gasteiger partial charge in [-0.3, -0.25) is 15.0 Å². The summed E-state index contributed by atoms with van der Waals surface area (Å²) in [6.07, 6.45) is 3.34. The van der Waals surface area contributed by atoms with Crippen LogP contribution in [0.3, 0.4) is 0 Å². The van der Waals surface area contributed by atoms with Crippen LogP contribution in [0.1, 0.15) is 85.1 Å². The van der Waals surface area contributed by atoms with E-state index in [1.165, 1.54) is 0 Å². The highest BCUT2D eigenvalue weighted by atomic mass is 16.7. The average molecular weight is 599 g/mol. The molecule has 0 spiro atoms. The molecule has 236 valence electrons. The first kappa shape index (κ1) is 32.7. The highest BCUT2D eigenvalue weighted by Gasteiger charge is 2.68. The SMILES string of the molecule is CC(C)C[C@H](NC(=O)[C@H](CCCNC(=N)N[N+](=O)[O-])NC(=O)[C@@H](C)c1ccccc1)B1O[C@@H]2C[C@@H]3C[C@@H](C3(C)C)[C@]2(C)O1. The topological polar surface area (TPSA) is 168 Å². The molecule has 1 aromatic carbocycles. The van der Waals surface area contributed by atoms with Crippen LogP contribution in [0.15, 0.2) is 30.3 Å². The number of carbonyl (C=O) groups is 2. The van der Waals surface area contributed by atoms with E-state index >= 15 is 0 Å². The predicted octanol–water partition coefficient (Wildman–Crippen LogP) is 3.16. The maximum atomic E-state index is 13.8. The fourth-order valence-electron chi connectivity index (χ4n) is 7.21. The molecule has 0 aromatic heterocycles. The monoisotopic (exact) mass is 598 g/mol. The summed E-state index contributed by atoms with van der Waals surface area (Å²) in [5.41, 5.74) is 2.37. The van der Waals surface area contributed by atoms with Crippen LogP contribution in [-0.4, -0.2) is 60.2 Å². The van der Waals surface area contributed by atoms with Gasteiger partial charge in [-0.15, -0.1) is 0 Å². The Hall–Kier alpha value is -3.19. The fraction of sp³-hybridized carbons (Fsp3) is 0.700. The number of amides is 2. The van der Waals surface area contributed by atoms with Crippen LogP contribution in [0.5, 0.6) is 0 Å². The lowest BCUT2D eigenvalue weighted by atomic mass is 9.43. The van der Waals surface area contributed by atoms with Crippen LogP contribution in [0.25, 0.3) is 0 Å². The Kier molecular flexibility index (Phi) is 10.1. The van der Waals surface area contributed by atoms with Gasteiger partial charge in [0.05, 0.1) is 23.6 Å². The zero-order valence-electron chi connectivity index (χ0n) is 26.1. The third-order valence-electron chi connectivity index (χ3n) is 9.85. The molecule has 1 aliphatic heterocycles. The van der Waals surface area contributed by atoms with E-state index in [2.05, 4.69) is 50.6 Å². The van der Waals surface area contributed by atoms with E-state index in [0.29, 0.717) is 24.7 Å². The minimum Gasteiger partial charge on any atom is -0.404 e. The van der Waals surface area contributed by atoms with Crippen molar-refractivity contribution in [1.29, 1.82) is 5.41 Å². The largest absolute Gasteiger partial charge is 0.481 e.